The number of benzene rings is 3. The Morgan fingerprint density at radius 1 is 0.667 bits per heavy atom. The van der Waals surface area contributed by atoms with Crippen LogP contribution in [0.4, 0.5) is 0 Å². The van der Waals surface area contributed by atoms with E-state index in [9.17, 15) is 0 Å². The van der Waals surface area contributed by atoms with Gasteiger partial charge in [-0.05, 0) is 0 Å². The van der Waals surface area contributed by atoms with Crippen molar-refractivity contribution >= 4 is 23.7 Å². The van der Waals surface area contributed by atoms with E-state index >= 15 is 0 Å². The van der Waals surface area contributed by atoms with Gasteiger partial charge in [-0.15, -0.1) is 0 Å². The summed E-state index contributed by atoms with van der Waals surface area (Å²) in [4.78, 5) is 7.17. The fourth-order valence-corrected chi connectivity index (χ4v) is 16.4. The molecule has 232 valence electrons. The molecule has 12 heteroatoms. The predicted molar refractivity (Wildman–Crippen MR) is 176 cm³/mol. The Morgan fingerprint density at radius 2 is 1.19 bits per heavy atom. The summed E-state index contributed by atoms with van der Waals surface area (Å²) in [5, 5.41) is 0. The van der Waals surface area contributed by atoms with Crippen LogP contribution in [0.2, 0.25) is 0 Å². The first-order chi connectivity index (χ1) is 20.2. The monoisotopic (exact) mass is 637 g/mol. The van der Waals surface area contributed by atoms with E-state index in [1.54, 1.807) is 0 Å². The average molecular weight is 638 g/mol. The fraction of sp³-hybridized carbons (Fsp3) is 0.400. The molecule has 0 amide bonds. The predicted octanol–water partition coefficient (Wildman–Crippen LogP) is 9.39. The van der Waals surface area contributed by atoms with E-state index in [0.717, 1.165) is 36.0 Å². The summed E-state index contributed by atoms with van der Waals surface area (Å²) in [5.74, 6) is 1.91. The number of hydrogen-bond donors (Lipinski definition) is 2. The zero-order chi connectivity index (χ0) is 30.1. The van der Waals surface area contributed by atoms with Crippen molar-refractivity contribution in [2.75, 3.05) is 19.8 Å². The SMILES string of the molecule is CCCOP1(Oc2cccc(C)c2)=N[PH](OCCC)(Oc2cccc(C)c2)N[PH](OCCC)(Oc2cccc(C)c2)N1. The molecule has 0 saturated carbocycles. The van der Waals surface area contributed by atoms with Gasteiger partial charge in [-0.25, -0.2) is 0 Å². The van der Waals surface area contributed by atoms with Gasteiger partial charge in [0.2, 0.25) is 0 Å². The number of hydrogen-bond acceptors (Lipinski definition) is 9. The van der Waals surface area contributed by atoms with E-state index in [0.29, 0.717) is 37.1 Å². The van der Waals surface area contributed by atoms with Crippen molar-refractivity contribution in [2.24, 2.45) is 4.52 Å². The van der Waals surface area contributed by atoms with Gasteiger partial charge in [-0.3, -0.25) is 0 Å². The van der Waals surface area contributed by atoms with Crippen LogP contribution in [0, 0.1) is 20.8 Å². The summed E-state index contributed by atoms with van der Waals surface area (Å²) in [6, 6.07) is 23.6. The summed E-state index contributed by atoms with van der Waals surface area (Å²) in [5.41, 5.74) is 3.18. The summed E-state index contributed by atoms with van der Waals surface area (Å²) < 4.78 is 45.4. The van der Waals surface area contributed by atoms with Crippen LogP contribution in [0.5, 0.6) is 17.2 Å². The first-order valence-electron chi connectivity index (χ1n) is 14.6. The number of aryl methyl sites for hydroxylation is 3. The van der Waals surface area contributed by atoms with Gasteiger partial charge in [0.1, 0.15) is 0 Å². The molecule has 0 aliphatic carbocycles. The first-order valence-corrected chi connectivity index (χ1v) is 19.8. The third-order valence-electron chi connectivity index (χ3n) is 6.07. The zero-order valence-corrected chi connectivity index (χ0v) is 28.4. The molecule has 2 N–H and O–H groups in total. The number of nitrogens with one attached hydrogen (secondary N) is 2. The molecule has 0 radical (unpaired) electrons. The minimum atomic E-state index is -3.75. The molecule has 3 aromatic carbocycles. The van der Waals surface area contributed by atoms with Gasteiger partial charge >= 0.3 is 252 Å². The van der Waals surface area contributed by atoms with Gasteiger partial charge < -0.3 is 0 Å². The third-order valence-corrected chi connectivity index (χ3v) is 16.3. The fourth-order valence-electron chi connectivity index (χ4n) is 4.26. The summed E-state index contributed by atoms with van der Waals surface area (Å²) in [6.45, 7) is 13.5. The summed E-state index contributed by atoms with van der Waals surface area (Å²) in [7, 11) is -10.7. The molecule has 1 aliphatic rings. The van der Waals surface area contributed by atoms with E-state index in [2.05, 4.69) is 23.6 Å². The Kier molecular flexibility index (Phi) is 11.8. The van der Waals surface area contributed by atoms with Crippen molar-refractivity contribution in [2.45, 2.75) is 60.8 Å². The van der Waals surface area contributed by atoms with Crippen LogP contribution in [0.25, 0.3) is 0 Å². The summed E-state index contributed by atoms with van der Waals surface area (Å²) >= 11 is 0. The Morgan fingerprint density at radius 3 is 1.76 bits per heavy atom. The van der Waals surface area contributed by atoms with Crippen molar-refractivity contribution in [1.29, 1.82) is 0 Å². The number of rotatable bonds is 15. The normalized spacial score (nSPS) is 20.6. The second-order valence-electron chi connectivity index (χ2n) is 10.3. The van der Waals surface area contributed by atoms with E-state index in [4.69, 9.17) is 31.7 Å². The molecule has 0 spiro atoms. The van der Waals surface area contributed by atoms with Gasteiger partial charge in [0.05, 0.1) is 0 Å². The molecule has 1 heterocycles. The van der Waals surface area contributed by atoms with Crippen LogP contribution < -0.4 is 23.3 Å². The summed E-state index contributed by atoms with van der Waals surface area (Å²) in [6.07, 6.45) is 2.30. The van der Waals surface area contributed by atoms with Crippen molar-refractivity contribution in [3.05, 3.63) is 89.5 Å². The molecule has 9 nitrogen and oxygen atoms in total. The molecular weight excluding hydrogens is 591 g/mol. The maximum absolute atomic E-state index is 6.80. The molecule has 0 bridgehead atoms. The molecular formula is C30H46N3O6P3. The van der Waals surface area contributed by atoms with Gasteiger partial charge in [0.15, 0.2) is 0 Å². The Balaban J connectivity index is 1.93. The van der Waals surface area contributed by atoms with E-state index in [1.807, 2.05) is 100 Å². The number of nitrogens with zero attached hydrogens (tertiary/aromatic N) is 1. The molecule has 42 heavy (non-hydrogen) atoms. The van der Waals surface area contributed by atoms with Crippen LogP contribution in [0.1, 0.15) is 56.7 Å². The molecule has 4 rings (SSSR count). The van der Waals surface area contributed by atoms with Crippen molar-refractivity contribution in [3.8, 4) is 17.2 Å². The first kappa shape index (κ1) is 32.9. The minimum absolute atomic E-state index is 0.404. The van der Waals surface area contributed by atoms with Gasteiger partial charge in [0, 0.05) is 0 Å². The van der Waals surface area contributed by atoms with E-state index in [1.165, 1.54) is 0 Å². The van der Waals surface area contributed by atoms with Crippen LogP contribution >= 0.6 is 23.7 Å². The molecule has 3 aromatic rings. The van der Waals surface area contributed by atoms with Gasteiger partial charge in [-0.2, -0.15) is 0 Å². The van der Waals surface area contributed by atoms with Crippen LogP contribution in [-0.2, 0) is 13.6 Å². The molecule has 1 aliphatic heterocycles. The van der Waals surface area contributed by atoms with Crippen molar-refractivity contribution in [3.63, 3.8) is 0 Å². The van der Waals surface area contributed by atoms with Crippen molar-refractivity contribution < 1.29 is 27.1 Å². The zero-order valence-electron chi connectivity index (χ0n) is 25.5. The molecule has 1 unspecified atom stereocenters. The maximum atomic E-state index is 6.80. The Bertz CT molecular complexity index is 1380. The molecule has 0 aromatic heterocycles. The Hall–Kier alpha value is -2.05. The van der Waals surface area contributed by atoms with E-state index < -0.39 is 23.7 Å². The second kappa shape index (κ2) is 15.1. The van der Waals surface area contributed by atoms with Crippen LogP contribution in [-0.4, -0.2) is 19.8 Å². The Labute approximate surface area is 252 Å². The topological polar surface area (TPSA) is 91.8 Å². The quantitative estimate of drug-likeness (QED) is 0.159. The average Bonchev–Trinajstić information content (AvgIpc) is 2.94. The van der Waals surface area contributed by atoms with Gasteiger partial charge in [-0.1, -0.05) is 0 Å². The molecule has 1 atom stereocenters. The second-order valence-corrected chi connectivity index (χ2v) is 17.9. The van der Waals surface area contributed by atoms with Crippen LogP contribution in [0.3, 0.4) is 0 Å². The van der Waals surface area contributed by atoms with E-state index in [-0.39, 0.29) is 0 Å². The standard InChI is InChI=1S/C30H46N3O6P3/c1-7-19-34-40(37-28-16-10-13-25(4)22-28)31-41(35-20-8-2,38-29-17-11-14-26(5)23-29)33-42(32-40,36-21-9-3)39-30-18-12-15-27(6)24-30/h10-18,22-24,31-32,40-41H,7-9,19-21H2,1-6H3. The molecule has 0 saturated heterocycles. The van der Waals surface area contributed by atoms with Crippen molar-refractivity contribution in [1.82, 2.24) is 9.72 Å². The third kappa shape index (κ3) is 8.98. The molecule has 0 fully saturated rings. The van der Waals surface area contributed by atoms with Gasteiger partial charge in [0.25, 0.3) is 0 Å². The van der Waals surface area contributed by atoms with Crippen LogP contribution in [0.15, 0.2) is 77.3 Å².